The number of benzene rings is 1. The minimum absolute atomic E-state index is 0.000408. The molecule has 1 saturated heterocycles. The third-order valence-electron chi connectivity index (χ3n) is 3.54. The summed E-state index contributed by atoms with van der Waals surface area (Å²) in [4.78, 5) is 30.6. The van der Waals surface area contributed by atoms with Gasteiger partial charge in [-0.1, -0.05) is 6.07 Å². The first-order chi connectivity index (χ1) is 10.2. The third kappa shape index (κ3) is 3.50. The van der Waals surface area contributed by atoms with Crippen LogP contribution in [0.25, 0.3) is 11.0 Å². The second kappa shape index (κ2) is 6.11. The standard InChI is InChI=1S/C14H18N4O3/c19-13(9-18-3-5-21-6-4-18)15-8-10-1-2-11-12(7-10)17-14(20)16-11/h1-2,7H,3-6,8-9H2,(H,15,19)(H2,16,17,20). The van der Waals surface area contributed by atoms with Gasteiger partial charge in [0.05, 0.1) is 30.8 Å². The minimum atomic E-state index is -0.224. The van der Waals surface area contributed by atoms with E-state index < -0.39 is 0 Å². The molecule has 0 atom stereocenters. The van der Waals surface area contributed by atoms with E-state index in [1.54, 1.807) is 0 Å². The number of ether oxygens (including phenoxy) is 1. The van der Waals surface area contributed by atoms with Crippen LogP contribution < -0.4 is 11.0 Å². The van der Waals surface area contributed by atoms with Crippen LogP contribution in [0.4, 0.5) is 0 Å². The van der Waals surface area contributed by atoms with Crippen LogP contribution in [0.1, 0.15) is 5.56 Å². The first-order valence-corrected chi connectivity index (χ1v) is 6.98. The molecule has 0 unspecified atom stereocenters. The molecule has 0 saturated carbocycles. The van der Waals surface area contributed by atoms with Gasteiger partial charge in [0.25, 0.3) is 0 Å². The molecule has 3 N–H and O–H groups in total. The fourth-order valence-electron chi connectivity index (χ4n) is 2.41. The Morgan fingerprint density at radius 2 is 2.00 bits per heavy atom. The molecule has 2 aromatic rings. The number of aromatic amines is 2. The molecule has 3 rings (SSSR count). The number of carbonyl (C=O) groups is 1. The molecule has 1 aliphatic rings. The van der Waals surface area contributed by atoms with Crippen molar-refractivity contribution in [3.05, 3.63) is 34.2 Å². The van der Waals surface area contributed by atoms with Crippen molar-refractivity contribution in [2.45, 2.75) is 6.54 Å². The summed E-state index contributed by atoms with van der Waals surface area (Å²) < 4.78 is 5.25. The maximum atomic E-state index is 11.9. The van der Waals surface area contributed by atoms with Crippen LogP contribution in [0.2, 0.25) is 0 Å². The molecule has 0 spiro atoms. The quantitative estimate of drug-likeness (QED) is 0.727. The zero-order valence-electron chi connectivity index (χ0n) is 11.6. The minimum Gasteiger partial charge on any atom is -0.379 e. The van der Waals surface area contributed by atoms with E-state index in [2.05, 4.69) is 20.2 Å². The lowest BCUT2D eigenvalue weighted by Crippen LogP contribution is -2.43. The molecule has 1 fully saturated rings. The Bertz CT molecular complexity index is 685. The second-order valence-electron chi connectivity index (χ2n) is 5.12. The summed E-state index contributed by atoms with van der Waals surface area (Å²) in [6.45, 7) is 3.81. The molecular weight excluding hydrogens is 272 g/mol. The van der Waals surface area contributed by atoms with Gasteiger partial charge in [0.1, 0.15) is 0 Å². The number of fused-ring (bicyclic) bond motifs is 1. The van der Waals surface area contributed by atoms with Crippen molar-refractivity contribution in [1.82, 2.24) is 20.2 Å². The first kappa shape index (κ1) is 13.8. The summed E-state index contributed by atoms with van der Waals surface area (Å²) in [5.41, 5.74) is 2.25. The van der Waals surface area contributed by atoms with Crippen LogP contribution in [-0.4, -0.2) is 53.6 Å². The van der Waals surface area contributed by atoms with Gasteiger partial charge in [-0.15, -0.1) is 0 Å². The Labute approximate surface area is 121 Å². The molecule has 0 bridgehead atoms. The van der Waals surface area contributed by atoms with Gasteiger partial charge in [0.15, 0.2) is 0 Å². The van der Waals surface area contributed by atoms with Crippen molar-refractivity contribution in [2.24, 2.45) is 0 Å². The molecule has 1 aliphatic heterocycles. The zero-order chi connectivity index (χ0) is 14.7. The number of H-pyrrole nitrogens is 2. The number of aromatic nitrogens is 2. The van der Waals surface area contributed by atoms with Gasteiger partial charge in [-0.05, 0) is 17.7 Å². The number of imidazole rings is 1. The maximum Gasteiger partial charge on any atom is 0.323 e. The highest BCUT2D eigenvalue weighted by atomic mass is 16.5. The summed E-state index contributed by atoms with van der Waals surface area (Å²) in [7, 11) is 0. The highest BCUT2D eigenvalue weighted by molar-refractivity contribution is 5.78. The van der Waals surface area contributed by atoms with E-state index in [1.807, 2.05) is 18.2 Å². The SMILES string of the molecule is O=C(CN1CCOCC1)NCc1ccc2[nH]c(=O)[nH]c2c1. The average Bonchev–Trinajstić information content (AvgIpc) is 2.85. The lowest BCUT2D eigenvalue weighted by atomic mass is 10.2. The van der Waals surface area contributed by atoms with Crippen molar-refractivity contribution in [3.8, 4) is 0 Å². The largest absolute Gasteiger partial charge is 0.379 e. The van der Waals surface area contributed by atoms with E-state index in [-0.39, 0.29) is 11.6 Å². The number of nitrogens with zero attached hydrogens (tertiary/aromatic N) is 1. The number of rotatable bonds is 4. The van der Waals surface area contributed by atoms with Gasteiger partial charge < -0.3 is 20.0 Å². The molecule has 1 aromatic carbocycles. The van der Waals surface area contributed by atoms with Gasteiger partial charge in [-0.25, -0.2) is 4.79 Å². The van der Waals surface area contributed by atoms with E-state index in [1.165, 1.54) is 0 Å². The van der Waals surface area contributed by atoms with Crippen LogP contribution >= 0.6 is 0 Å². The monoisotopic (exact) mass is 290 g/mol. The third-order valence-corrected chi connectivity index (χ3v) is 3.54. The van der Waals surface area contributed by atoms with E-state index >= 15 is 0 Å². The molecule has 7 heteroatoms. The summed E-state index contributed by atoms with van der Waals surface area (Å²) in [5, 5.41) is 2.89. The van der Waals surface area contributed by atoms with Crippen molar-refractivity contribution in [1.29, 1.82) is 0 Å². The van der Waals surface area contributed by atoms with E-state index in [0.29, 0.717) is 26.3 Å². The van der Waals surface area contributed by atoms with Crippen LogP contribution in [0.15, 0.2) is 23.0 Å². The average molecular weight is 290 g/mol. The molecule has 0 radical (unpaired) electrons. The number of carbonyl (C=O) groups excluding carboxylic acids is 1. The van der Waals surface area contributed by atoms with Gasteiger partial charge in [0.2, 0.25) is 5.91 Å². The molecule has 21 heavy (non-hydrogen) atoms. The van der Waals surface area contributed by atoms with Gasteiger partial charge >= 0.3 is 5.69 Å². The van der Waals surface area contributed by atoms with Crippen molar-refractivity contribution >= 4 is 16.9 Å². The first-order valence-electron chi connectivity index (χ1n) is 6.98. The fraction of sp³-hybridized carbons (Fsp3) is 0.429. The Morgan fingerprint density at radius 1 is 1.24 bits per heavy atom. The Morgan fingerprint density at radius 3 is 2.81 bits per heavy atom. The molecule has 2 heterocycles. The summed E-state index contributed by atoms with van der Waals surface area (Å²) in [6.07, 6.45) is 0. The van der Waals surface area contributed by atoms with Crippen LogP contribution in [0.5, 0.6) is 0 Å². The topological polar surface area (TPSA) is 90.2 Å². The van der Waals surface area contributed by atoms with Crippen molar-refractivity contribution < 1.29 is 9.53 Å². The van der Waals surface area contributed by atoms with E-state index in [4.69, 9.17) is 4.74 Å². The lowest BCUT2D eigenvalue weighted by molar-refractivity contribution is -0.123. The summed E-state index contributed by atoms with van der Waals surface area (Å²) in [6, 6.07) is 5.58. The predicted octanol–water partition coefficient (Wildman–Crippen LogP) is -0.195. The molecule has 1 amide bonds. The predicted molar refractivity (Wildman–Crippen MR) is 78.0 cm³/mol. The molecule has 112 valence electrons. The van der Waals surface area contributed by atoms with Crippen LogP contribution in [0.3, 0.4) is 0 Å². The van der Waals surface area contributed by atoms with Gasteiger partial charge in [-0.2, -0.15) is 0 Å². The number of amides is 1. The normalized spacial score (nSPS) is 16.2. The fourth-order valence-corrected chi connectivity index (χ4v) is 2.41. The lowest BCUT2D eigenvalue weighted by Gasteiger charge is -2.25. The number of hydrogen-bond donors (Lipinski definition) is 3. The van der Waals surface area contributed by atoms with E-state index in [9.17, 15) is 9.59 Å². The highest BCUT2D eigenvalue weighted by Crippen LogP contribution is 2.09. The zero-order valence-corrected chi connectivity index (χ0v) is 11.6. The summed E-state index contributed by atoms with van der Waals surface area (Å²) in [5.74, 6) is -0.000408. The van der Waals surface area contributed by atoms with Crippen LogP contribution in [-0.2, 0) is 16.1 Å². The number of hydrogen-bond acceptors (Lipinski definition) is 4. The van der Waals surface area contributed by atoms with Gasteiger partial charge in [-0.3, -0.25) is 9.69 Å². The van der Waals surface area contributed by atoms with Crippen LogP contribution in [0, 0.1) is 0 Å². The van der Waals surface area contributed by atoms with E-state index in [0.717, 1.165) is 29.7 Å². The maximum absolute atomic E-state index is 11.9. The smallest absolute Gasteiger partial charge is 0.323 e. The molecule has 0 aliphatic carbocycles. The summed E-state index contributed by atoms with van der Waals surface area (Å²) >= 11 is 0. The molecular formula is C14H18N4O3. The highest BCUT2D eigenvalue weighted by Gasteiger charge is 2.13. The molecule has 7 nitrogen and oxygen atoms in total. The van der Waals surface area contributed by atoms with Crippen molar-refractivity contribution in [3.63, 3.8) is 0 Å². The Balaban J connectivity index is 1.55. The second-order valence-corrected chi connectivity index (χ2v) is 5.12. The Hall–Kier alpha value is -2.12. The number of morpholine rings is 1. The molecule has 1 aromatic heterocycles. The van der Waals surface area contributed by atoms with Crippen molar-refractivity contribution in [2.75, 3.05) is 32.8 Å². The number of nitrogens with one attached hydrogen (secondary N) is 3. The Kier molecular flexibility index (Phi) is 4.03. The van der Waals surface area contributed by atoms with Gasteiger partial charge in [0, 0.05) is 19.6 Å².